The molecule has 1 N–H and O–H groups in total. The zero-order chi connectivity index (χ0) is 15.2. The van der Waals surface area contributed by atoms with Crippen LogP contribution in [0.5, 0.6) is 0 Å². The van der Waals surface area contributed by atoms with Crippen LogP contribution in [0, 0.1) is 6.92 Å². The number of nitrogens with zero attached hydrogens (tertiary/aromatic N) is 3. The highest BCUT2D eigenvalue weighted by molar-refractivity contribution is 5.85. The summed E-state index contributed by atoms with van der Waals surface area (Å²) in [4.78, 5) is 22.1. The number of nitrogens with one attached hydrogen (secondary N) is 1. The van der Waals surface area contributed by atoms with Gasteiger partial charge in [0.25, 0.3) is 0 Å². The van der Waals surface area contributed by atoms with Gasteiger partial charge >= 0.3 is 5.97 Å². The Morgan fingerprint density at radius 2 is 2.14 bits per heavy atom. The van der Waals surface area contributed by atoms with Crippen molar-refractivity contribution in [3.8, 4) is 0 Å². The maximum absolute atomic E-state index is 11.5. The van der Waals surface area contributed by atoms with Crippen LogP contribution in [-0.2, 0) is 4.74 Å². The van der Waals surface area contributed by atoms with Crippen molar-refractivity contribution in [2.45, 2.75) is 38.6 Å². The first-order valence-electron chi connectivity index (χ1n) is 7.48. The second-order valence-corrected chi connectivity index (χ2v) is 5.56. The minimum atomic E-state index is -0.509. The van der Waals surface area contributed by atoms with Crippen LogP contribution in [0.25, 0.3) is 0 Å². The Morgan fingerprint density at radius 3 is 2.81 bits per heavy atom. The molecule has 1 heterocycles. The molecule has 1 saturated carbocycles. The minimum absolute atomic E-state index is 0.101. The van der Waals surface area contributed by atoms with Crippen LogP contribution in [0.4, 0.5) is 5.82 Å². The highest BCUT2D eigenvalue weighted by Crippen LogP contribution is 2.21. The van der Waals surface area contributed by atoms with Gasteiger partial charge in [0.05, 0.1) is 7.11 Å². The highest BCUT2D eigenvalue weighted by Gasteiger charge is 2.19. The molecule has 0 bridgehead atoms. The van der Waals surface area contributed by atoms with E-state index in [9.17, 15) is 4.79 Å². The van der Waals surface area contributed by atoms with E-state index in [1.165, 1.54) is 32.8 Å². The second-order valence-electron chi connectivity index (χ2n) is 5.56. The van der Waals surface area contributed by atoms with E-state index in [0.717, 1.165) is 18.8 Å². The number of rotatable bonds is 6. The Bertz CT molecular complexity index is 487. The van der Waals surface area contributed by atoms with E-state index < -0.39 is 5.97 Å². The molecule has 21 heavy (non-hydrogen) atoms. The molecule has 2 rings (SSSR count). The lowest BCUT2D eigenvalue weighted by Crippen LogP contribution is -2.33. The van der Waals surface area contributed by atoms with E-state index in [1.54, 1.807) is 0 Å². The molecule has 0 unspecified atom stereocenters. The smallest absolute Gasteiger partial charge is 0.376 e. The van der Waals surface area contributed by atoms with E-state index in [4.69, 9.17) is 0 Å². The van der Waals surface area contributed by atoms with Crippen LogP contribution in [0.15, 0.2) is 6.07 Å². The average molecular weight is 292 g/mol. The summed E-state index contributed by atoms with van der Waals surface area (Å²) in [6.45, 7) is 3.59. The van der Waals surface area contributed by atoms with Gasteiger partial charge in [0.2, 0.25) is 5.82 Å². The summed E-state index contributed by atoms with van der Waals surface area (Å²) >= 11 is 0. The summed E-state index contributed by atoms with van der Waals surface area (Å²) in [5.74, 6) is 0.261. The summed E-state index contributed by atoms with van der Waals surface area (Å²) in [6, 6.07) is 2.55. The molecule has 1 aromatic rings. The van der Waals surface area contributed by atoms with E-state index in [-0.39, 0.29) is 5.82 Å². The lowest BCUT2D eigenvalue weighted by atomic mass is 10.2. The molecule has 1 fully saturated rings. The van der Waals surface area contributed by atoms with Gasteiger partial charge in [-0.25, -0.2) is 14.8 Å². The molecular formula is C15H24N4O2. The average Bonchev–Trinajstić information content (AvgIpc) is 3.00. The summed E-state index contributed by atoms with van der Waals surface area (Å²) < 4.78 is 4.66. The van der Waals surface area contributed by atoms with E-state index in [1.807, 2.05) is 13.0 Å². The molecule has 0 radical (unpaired) electrons. The van der Waals surface area contributed by atoms with Gasteiger partial charge in [-0.3, -0.25) is 0 Å². The predicted molar refractivity (Wildman–Crippen MR) is 81.5 cm³/mol. The molecule has 1 aliphatic rings. The number of carbonyl (C=O) groups is 1. The molecule has 0 aromatic carbocycles. The van der Waals surface area contributed by atoms with Crippen LogP contribution in [0.2, 0.25) is 0 Å². The first-order chi connectivity index (χ1) is 10.1. The van der Waals surface area contributed by atoms with Crippen molar-refractivity contribution < 1.29 is 9.53 Å². The van der Waals surface area contributed by atoms with Gasteiger partial charge in [-0.05, 0) is 26.8 Å². The standard InChI is InChI=1S/C15H24N4O2/c1-11-10-13(18-14(17-11)15(20)21-3)16-8-9-19(2)12-6-4-5-7-12/h10,12H,4-9H2,1-3H3,(H,16,17,18). The Kier molecular flexibility index (Phi) is 5.50. The third-order valence-electron chi connectivity index (χ3n) is 3.94. The van der Waals surface area contributed by atoms with E-state index >= 15 is 0 Å². The number of likely N-dealkylation sites (N-methyl/N-ethyl adjacent to an activating group) is 1. The first-order valence-corrected chi connectivity index (χ1v) is 7.48. The topological polar surface area (TPSA) is 67.3 Å². The Balaban J connectivity index is 1.87. The molecule has 0 amide bonds. The summed E-state index contributed by atoms with van der Waals surface area (Å²) in [6.07, 6.45) is 5.29. The van der Waals surface area contributed by atoms with Crippen LogP contribution < -0.4 is 5.32 Å². The minimum Gasteiger partial charge on any atom is -0.463 e. The number of aryl methyl sites for hydroxylation is 1. The van der Waals surface area contributed by atoms with Crippen molar-refractivity contribution in [1.29, 1.82) is 0 Å². The van der Waals surface area contributed by atoms with Gasteiger partial charge in [0.15, 0.2) is 0 Å². The van der Waals surface area contributed by atoms with Crippen molar-refractivity contribution in [1.82, 2.24) is 14.9 Å². The SMILES string of the molecule is COC(=O)c1nc(C)cc(NCCN(C)C2CCCC2)n1. The highest BCUT2D eigenvalue weighted by atomic mass is 16.5. The molecule has 1 aliphatic carbocycles. The number of hydrogen-bond donors (Lipinski definition) is 1. The number of anilines is 1. The number of carbonyl (C=O) groups excluding carboxylic acids is 1. The maximum atomic E-state index is 11.5. The van der Waals surface area contributed by atoms with Crippen LogP contribution in [0.1, 0.15) is 42.0 Å². The van der Waals surface area contributed by atoms with Gasteiger partial charge in [-0.2, -0.15) is 0 Å². The molecule has 0 aliphatic heterocycles. The molecule has 6 nitrogen and oxygen atoms in total. The summed E-state index contributed by atoms with van der Waals surface area (Å²) in [7, 11) is 3.50. The maximum Gasteiger partial charge on any atom is 0.376 e. The predicted octanol–water partition coefficient (Wildman–Crippen LogP) is 1.86. The van der Waals surface area contributed by atoms with Crippen LogP contribution in [0.3, 0.4) is 0 Å². The van der Waals surface area contributed by atoms with Gasteiger partial charge in [-0.15, -0.1) is 0 Å². The molecule has 116 valence electrons. The molecule has 0 saturated heterocycles. The largest absolute Gasteiger partial charge is 0.463 e. The van der Waals surface area contributed by atoms with Crippen molar-refractivity contribution in [3.63, 3.8) is 0 Å². The van der Waals surface area contributed by atoms with Crippen molar-refractivity contribution >= 4 is 11.8 Å². The number of methoxy groups -OCH3 is 1. The summed E-state index contributed by atoms with van der Waals surface area (Å²) in [5, 5.41) is 3.26. The van der Waals surface area contributed by atoms with Crippen LogP contribution in [-0.4, -0.2) is 54.1 Å². The Morgan fingerprint density at radius 1 is 1.43 bits per heavy atom. The zero-order valence-electron chi connectivity index (χ0n) is 13.1. The molecule has 6 heteroatoms. The fourth-order valence-corrected chi connectivity index (χ4v) is 2.73. The van der Waals surface area contributed by atoms with Crippen molar-refractivity contribution in [2.24, 2.45) is 0 Å². The van der Waals surface area contributed by atoms with Gasteiger partial charge in [0, 0.05) is 30.9 Å². The number of esters is 1. The fourth-order valence-electron chi connectivity index (χ4n) is 2.73. The lowest BCUT2D eigenvalue weighted by molar-refractivity contribution is 0.0586. The third kappa shape index (κ3) is 4.39. The molecule has 1 aromatic heterocycles. The first kappa shape index (κ1) is 15.7. The quantitative estimate of drug-likeness (QED) is 0.807. The van der Waals surface area contributed by atoms with E-state index in [0.29, 0.717) is 11.9 Å². The third-order valence-corrected chi connectivity index (χ3v) is 3.94. The van der Waals surface area contributed by atoms with Gasteiger partial charge in [-0.1, -0.05) is 12.8 Å². The number of aromatic nitrogens is 2. The number of ether oxygens (including phenoxy) is 1. The van der Waals surface area contributed by atoms with Crippen molar-refractivity contribution in [2.75, 3.05) is 32.6 Å². The fraction of sp³-hybridized carbons (Fsp3) is 0.667. The number of hydrogen-bond acceptors (Lipinski definition) is 6. The molecule has 0 spiro atoms. The van der Waals surface area contributed by atoms with E-state index in [2.05, 4.69) is 32.0 Å². The molecular weight excluding hydrogens is 268 g/mol. The lowest BCUT2D eigenvalue weighted by Gasteiger charge is -2.24. The normalized spacial score (nSPS) is 15.4. The molecule has 0 atom stereocenters. The van der Waals surface area contributed by atoms with Gasteiger partial charge < -0.3 is 15.0 Å². The van der Waals surface area contributed by atoms with Gasteiger partial charge in [0.1, 0.15) is 5.82 Å². The van der Waals surface area contributed by atoms with Crippen molar-refractivity contribution in [3.05, 3.63) is 17.6 Å². The van der Waals surface area contributed by atoms with Crippen LogP contribution >= 0.6 is 0 Å². The monoisotopic (exact) mass is 292 g/mol. The Hall–Kier alpha value is -1.69. The Labute approximate surface area is 125 Å². The second kappa shape index (κ2) is 7.36. The summed E-state index contributed by atoms with van der Waals surface area (Å²) in [5.41, 5.74) is 0.747. The zero-order valence-corrected chi connectivity index (χ0v) is 13.1.